The van der Waals surface area contributed by atoms with Gasteiger partial charge in [0.2, 0.25) is 0 Å². The van der Waals surface area contributed by atoms with Crippen molar-refractivity contribution in [2.75, 3.05) is 0 Å². The number of hydrogen-bond acceptors (Lipinski definition) is 2. The van der Waals surface area contributed by atoms with E-state index in [9.17, 15) is 0 Å². The molecule has 18 heavy (non-hydrogen) atoms. The van der Waals surface area contributed by atoms with Crippen molar-refractivity contribution < 1.29 is 0 Å². The second-order valence-corrected chi connectivity index (χ2v) is 6.18. The Labute approximate surface area is 119 Å². The van der Waals surface area contributed by atoms with Gasteiger partial charge in [0.25, 0.3) is 0 Å². The minimum Gasteiger partial charge on any atom is -0.306 e. The molecule has 0 radical (unpaired) electrons. The maximum atomic E-state index is 4.45. The summed E-state index contributed by atoms with van der Waals surface area (Å²) in [5.41, 5.74) is 1.32. The summed E-state index contributed by atoms with van der Waals surface area (Å²) in [5, 5.41) is 8.12. The minimum absolute atomic E-state index is 0.228. The van der Waals surface area contributed by atoms with E-state index in [0.29, 0.717) is 0 Å². The fourth-order valence-electron chi connectivity index (χ4n) is 2.08. The third-order valence-electron chi connectivity index (χ3n) is 3.65. The molecule has 1 aromatic heterocycles. The Kier molecular flexibility index (Phi) is 6.36. The average molecular weight is 316 g/mol. The van der Waals surface area contributed by atoms with Crippen LogP contribution in [-0.2, 0) is 13.6 Å². The van der Waals surface area contributed by atoms with Gasteiger partial charge in [0.1, 0.15) is 0 Å². The lowest BCUT2D eigenvalue weighted by Crippen LogP contribution is -2.41. The summed E-state index contributed by atoms with van der Waals surface area (Å²) in [6.07, 6.45) is 8.30. The number of halogens is 1. The third-order valence-corrected chi connectivity index (χ3v) is 4.31. The van der Waals surface area contributed by atoms with Gasteiger partial charge in [-0.1, -0.05) is 33.1 Å². The molecule has 0 amide bonds. The number of nitrogens with one attached hydrogen (secondary N) is 1. The number of aryl methyl sites for hydroxylation is 1. The van der Waals surface area contributed by atoms with Gasteiger partial charge in [0, 0.05) is 25.3 Å². The van der Waals surface area contributed by atoms with Crippen LogP contribution in [0.15, 0.2) is 10.7 Å². The molecule has 1 atom stereocenters. The zero-order chi connectivity index (χ0) is 13.6. The van der Waals surface area contributed by atoms with Crippen LogP contribution in [-0.4, -0.2) is 15.3 Å². The highest BCUT2D eigenvalue weighted by Crippen LogP contribution is 2.21. The molecule has 1 heterocycles. The van der Waals surface area contributed by atoms with E-state index in [1.54, 1.807) is 0 Å². The molecule has 0 aliphatic carbocycles. The molecule has 4 heteroatoms. The van der Waals surface area contributed by atoms with Crippen molar-refractivity contribution in [2.24, 2.45) is 7.05 Å². The fraction of sp³-hybridized carbons (Fsp3) is 0.786. The molecular formula is C14H26BrN3. The SMILES string of the molecule is CCCCCC(C)(CC)NCc1nn(C)cc1Br. The van der Waals surface area contributed by atoms with E-state index < -0.39 is 0 Å². The summed E-state index contributed by atoms with van der Waals surface area (Å²) >= 11 is 3.55. The van der Waals surface area contributed by atoms with Crippen LogP contribution in [0.2, 0.25) is 0 Å². The maximum Gasteiger partial charge on any atom is 0.0904 e. The summed E-state index contributed by atoms with van der Waals surface area (Å²) in [6.45, 7) is 7.66. The summed E-state index contributed by atoms with van der Waals surface area (Å²) < 4.78 is 2.94. The van der Waals surface area contributed by atoms with Crippen molar-refractivity contribution in [1.29, 1.82) is 0 Å². The number of unbranched alkanes of at least 4 members (excludes halogenated alkanes) is 2. The normalized spacial score (nSPS) is 14.7. The fourth-order valence-corrected chi connectivity index (χ4v) is 2.59. The van der Waals surface area contributed by atoms with E-state index in [0.717, 1.165) is 23.1 Å². The van der Waals surface area contributed by atoms with Crippen molar-refractivity contribution in [3.05, 3.63) is 16.4 Å². The van der Waals surface area contributed by atoms with Crippen LogP contribution in [0.3, 0.4) is 0 Å². The molecule has 0 saturated heterocycles. The van der Waals surface area contributed by atoms with Crippen molar-refractivity contribution >= 4 is 15.9 Å². The molecule has 0 saturated carbocycles. The smallest absolute Gasteiger partial charge is 0.0904 e. The van der Waals surface area contributed by atoms with E-state index in [2.05, 4.69) is 47.1 Å². The van der Waals surface area contributed by atoms with Crippen molar-refractivity contribution in [1.82, 2.24) is 15.1 Å². The van der Waals surface area contributed by atoms with Gasteiger partial charge in [-0.25, -0.2) is 0 Å². The van der Waals surface area contributed by atoms with Gasteiger partial charge in [0.15, 0.2) is 0 Å². The summed E-state index contributed by atoms with van der Waals surface area (Å²) in [5.74, 6) is 0. The lowest BCUT2D eigenvalue weighted by molar-refractivity contribution is 0.304. The first kappa shape index (κ1) is 15.7. The molecule has 0 bridgehead atoms. The van der Waals surface area contributed by atoms with E-state index in [4.69, 9.17) is 0 Å². The molecule has 1 N–H and O–H groups in total. The number of hydrogen-bond donors (Lipinski definition) is 1. The zero-order valence-corrected chi connectivity index (χ0v) is 13.7. The van der Waals surface area contributed by atoms with E-state index >= 15 is 0 Å². The first-order valence-corrected chi connectivity index (χ1v) is 7.73. The highest BCUT2D eigenvalue weighted by molar-refractivity contribution is 9.10. The summed E-state index contributed by atoms with van der Waals surface area (Å²) in [6, 6.07) is 0. The van der Waals surface area contributed by atoms with Gasteiger partial charge in [0.05, 0.1) is 10.2 Å². The minimum atomic E-state index is 0.228. The summed E-state index contributed by atoms with van der Waals surface area (Å²) in [7, 11) is 1.95. The largest absolute Gasteiger partial charge is 0.306 e. The van der Waals surface area contributed by atoms with Gasteiger partial charge in [-0.2, -0.15) is 5.10 Å². The van der Waals surface area contributed by atoms with Crippen LogP contribution in [0.25, 0.3) is 0 Å². The zero-order valence-electron chi connectivity index (χ0n) is 12.1. The van der Waals surface area contributed by atoms with Crippen molar-refractivity contribution in [2.45, 2.75) is 65.0 Å². The molecule has 1 aromatic rings. The standard InChI is InChI=1S/C14H26BrN3/c1-5-7-8-9-14(3,6-2)16-10-13-12(15)11-18(4)17-13/h11,16H,5-10H2,1-4H3. The van der Waals surface area contributed by atoms with Gasteiger partial charge in [-0.15, -0.1) is 0 Å². The highest BCUT2D eigenvalue weighted by Gasteiger charge is 2.21. The lowest BCUT2D eigenvalue weighted by atomic mass is 9.91. The Balaban J connectivity index is 2.50. The van der Waals surface area contributed by atoms with Crippen LogP contribution < -0.4 is 5.32 Å². The molecule has 1 unspecified atom stereocenters. The number of aromatic nitrogens is 2. The topological polar surface area (TPSA) is 29.9 Å². The Hall–Kier alpha value is -0.350. The molecule has 0 aliphatic rings. The molecule has 0 spiro atoms. The van der Waals surface area contributed by atoms with Crippen LogP contribution in [0.5, 0.6) is 0 Å². The number of nitrogens with zero attached hydrogens (tertiary/aromatic N) is 2. The van der Waals surface area contributed by atoms with E-state index in [1.807, 2.05) is 17.9 Å². The monoisotopic (exact) mass is 315 g/mol. The molecular weight excluding hydrogens is 290 g/mol. The Morgan fingerprint density at radius 1 is 1.39 bits per heavy atom. The third kappa shape index (κ3) is 4.73. The molecule has 0 aliphatic heterocycles. The molecule has 3 nitrogen and oxygen atoms in total. The van der Waals surface area contributed by atoms with Crippen LogP contribution in [0.4, 0.5) is 0 Å². The lowest BCUT2D eigenvalue weighted by Gasteiger charge is -2.29. The maximum absolute atomic E-state index is 4.45. The van der Waals surface area contributed by atoms with Gasteiger partial charge in [-0.3, -0.25) is 4.68 Å². The van der Waals surface area contributed by atoms with Gasteiger partial charge >= 0.3 is 0 Å². The van der Waals surface area contributed by atoms with Crippen molar-refractivity contribution in [3.63, 3.8) is 0 Å². The molecule has 0 aromatic carbocycles. The Morgan fingerprint density at radius 3 is 2.61 bits per heavy atom. The predicted molar refractivity (Wildman–Crippen MR) is 80.6 cm³/mol. The first-order valence-electron chi connectivity index (χ1n) is 6.94. The van der Waals surface area contributed by atoms with Crippen molar-refractivity contribution in [3.8, 4) is 0 Å². The van der Waals surface area contributed by atoms with Gasteiger partial charge < -0.3 is 5.32 Å². The molecule has 104 valence electrons. The number of rotatable bonds is 8. The molecule has 1 rings (SSSR count). The average Bonchev–Trinajstić information content (AvgIpc) is 2.66. The first-order chi connectivity index (χ1) is 8.50. The van der Waals surface area contributed by atoms with Gasteiger partial charge in [-0.05, 0) is 35.7 Å². The quantitative estimate of drug-likeness (QED) is 0.734. The van der Waals surface area contributed by atoms with Crippen LogP contribution in [0, 0.1) is 0 Å². The van der Waals surface area contributed by atoms with Crippen LogP contribution >= 0.6 is 15.9 Å². The van der Waals surface area contributed by atoms with E-state index in [1.165, 1.54) is 25.7 Å². The molecule has 0 fully saturated rings. The summed E-state index contributed by atoms with van der Waals surface area (Å²) in [4.78, 5) is 0. The predicted octanol–water partition coefficient (Wildman–Crippen LogP) is 4.02. The Morgan fingerprint density at radius 2 is 2.11 bits per heavy atom. The van der Waals surface area contributed by atoms with E-state index in [-0.39, 0.29) is 5.54 Å². The second-order valence-electron chi connectivity index (χ2n) is 5.32. The second kappa shape index (κ2) is 7.29. The highest BCUT2D eigenvalue weighted by atomic mass is 79.9. The van der Waals surface area contributed by atoms with Crippen LogP contribution in [0.1, 0.15) is 58.6 Å². The Bertz CT molecular complexity index is 362.